The van der Waals surface area contributed by atoms with Gasteiger partial charge in [-0.1, -0.05) is 16.5 Å². The fourth-order valence-corrected chi connectivity index (χ4v) is 1.92. The number of hydrogen-bond donors (Lipinski definition) is 2. The summed E-state index contributed by atoms with van der Waals surface area (Å²) < 4.78 is 3.57. The Morgan fingerprint density at radius 3 is 3.14 bits per heavy atom. The SMILES string of the molecule is CC1CCNC1C(=O)Nc1nnns1. The number of anilines is 1. The van der Waals surface area contributed by atoms with Gasteiger partial charge in [0.25, 0.3) is 0 Å². The molecule has 2 N–H and O–H groups in total. The summed E-state index contributed by atoms with van der Waals surface area (Å²) in [5, 5.41) is 13.3. The van der Waals surface area contributed by atoms with E-state index >= 15 is 0 Å². The highest BCUT2D eigenvalue weighted by Gasteiger charge is 2.29. The van der Waals surface area contributed by atoms with Gasteiger partial charge in [-0.3, -0.25) is 10.1 Å². The van der Waals surface area contributed by atoms with Crippen LogP contribution >= 0.6 is 11.5 Å². The number of nitrogens with zero attached hydrogens (tertiary/aromatic N) is 3. The number of amides is 1. The summed E-state index contributed by atoms with van der Waals surface area (Å²) in [5.41, 5.74) is 0. The third kappa shape index (κ3) is 1.88. The van der Waals surface area contributed by atoms with Crippen LogP contribution in [0.2, 0.25) is 0 Å². The minimum absolute atomic E-state index is 0.0476. The van der Waals surface area contributed by atoms with E-state index in [-0.39, 0.29) is 11.9 Å². The van der Waals surface area contributed by atoms with Crippen molar-refractivity contribution in [1.82, 2.24) is 20.1 Å². The van der Waals surface area contributed by atoms with Crippen LogP contribution in [0.4, 0.5) is 5.13 Å². The zero-order valence-corrected chi connectivity index (χ0v) is 8.54. The minimum atomic E-state index is -0.112. The Kier molecular flexibility index (Phi) is 2.69. The first-order valence-electron chi connectivity index (χ1n) is 4.46. The molecular formula is C7H11N5OS. The van der Waals surface area contributed by atoms with Crippen LogP contribution in [0.25, 0.3) is 0 Å². The van der Waals surface area contributed by atoms with Gasteiger partial charge in [0.2, 0.25) is 11.0 Å². The second-order valence-corrected chi connectivity index (χ2v) is 4.09. The molecule has 76 valence electrons. The number of rotatable bonds is 2. The highest BCUT2D eigenvalue weighted by atomic mass is 32.1. The molecule has 1 aromatic heterocycles. The van der Waals surface area contributed by atoms with Gasteiger partial charge in [0.05, 0.1) is 6.04 Å². The molecule has 14 heavy (non-hydrogen) atoms. The van der Waals surface area contributed by atoms with Gasteiger partial charge < -0.3 is 5.32 Å². The maximum Gasteiger partial charge on any atom is 0.243 e. The molecule has 1 aliphatic heterocycles. The molecule has 1 aliphatic rings. The second kappa shape index (κ2) is 3.97. The first-order chi connectivity index (χ1) is 6.77. The molecule has 2 heterocycles. The molecule has 1 fully saturated rings. The number of nitrogens with one attached hydrogen (secondary N) is 2. The van der Waals surface area contributed by atoms with Crippen LogP contribution in [0.15, 0.2) is 0 Å². The summed E-state index contributed by atoms with van der Waals surface area (Å²) in [5.74, 6) is 0.324. The van der Waals surface area contributed by atoms with Crippen molar-refractivity contribution < 1.29 is 4.79 Å². The number of carbonyl (C=O) groups excluding carboxylic acids is 1. The molecule has 2 atom stereocenters. The van der Waals surface area contributed by atoms with E-state index < -0.39 is 0 Å². The summed E-state index contributed by atoms with van der Waals surface area (Å²) in [6, 6.07) is -0.112. The Hall–Kier alpha value is -1.08. The van der Waals surface area contributed by atoms with Gasteiger partial charge in [0, 0.05) is 11.5 Å². The predicted octanol–water partition coefficient (Wildman–Crippen LogP) is -0.130. The van der Waals surface area contributed by atoms with Gasteiger partial charge in [-0.25, -0.2) is 0 Å². The largest absolute Gasteiger partial charge is 0.306 e. The van der Waals surface area contributed by atoms with Crippen LogP contribution in [0.5, 0.6) is 0 Å². The van der Waals surface area contributed by atoms with E-state index in [4.69, 9.17) is 0 Å². The lowest BCUT2D eigenvalue weighted by Gasteiger charge is -2.13. The first kappa shape index (κ1) is 9.47. The topological polar surface area (TPSA) is 79.8 Å². The van der Waals surface area contributed by atoms with Crippen LogP contribution in [0.3, 0.4) is 0 Å². The second-order valence-electron chi connectivity index (χ2n) is 3.35. The average Bonchev–Trinajstić information content (AvgIpc) is 2.75. The summed E-state index contributed by atoms with van der Waals surface area (Å²) in [6.07, 6.45) is 1.03. The molecule has 0 aliphatic carbocycles. The van der Waals surface area contributed by atoms with E-state index in [2.05, 4.69) is 32.4 Å². The highest BCUT2D eigenvalue weighted by molar-refractivity contribution is 7.09. The first-order valence-corrected chi connectivity index (χ1v) is 5.24. The third-order valence-corrected chi connectivity index (χ3v) is 2.86. The molecule has 0 radical (unpaired) electrons. The van der Waals surface area contributed by atoms with Gasteiger partial charge in [-0.2, -0.15) is 0 Å². The Morgan fingerprint density at radius 1 is 1.71 bits per heavy atom. The van der Waals surface area contributed by atoms with Crippen molar-refractivity contribution in [3.05, 3.63) is 0 Å². The molecule has 1 aromatic rings. The number of hydrogen-bond acceptors (Lipinski definition) is 6. The lowest BCUT2D eigenvalue weighted by atomic mass is 10.0. The van der Waals surface area contributed by atoms with Crippen LogP contribution in [-0.2, 0) is 4.79 Å². The zero-order chi connectivity index (χ0) is 9.97. The molecule has 0 spiro atoms. The van der Waals surface area contributed by atoms with Gasteiger partial charge in [-0.15, -0.1) is 0 Å². The van der Waals surface area contributed by atoms with Crippen molar-refractivity contribution in [2.45, 2.75) is 19.4 Å². The van der Waals surface area contributed by atoms with E-state index in [9.17, 15) is 4.79 Å². The van der Waals surface area contributed by atoms with Crippen LogP contribution in [0.1, 0.15) is 13.3 Å². The third-order valence-electron chi connectivity index (χ3n) is 2.34. The van der Waals surface area contributed by atoms with Crippen molar-refractivity contribution in [2.75, 3.05) is 11.9 Å². The zero-order valence-electron chi connectivity index (χ0n) is 7.73. The van der Waals surface area contributed by atoms with Gasteiger partial charge in [0.15, 0.2) is 0 Å². The van der Waals surface area contributed by atoms with Crippen LogP contribution in [0, 0.1) is 5.92 Å². The van der Waals surface area contributed by atoms with Crippen molar-refractivity contribution >= 4 is 22.6 Å². The van der Waals surface area contributed by atoms with Crippen LogP contribution in [-0.4, -0.2) is 33.3 Å². The smallest absolute Gasteiger partial charge is 0.243 e. The van der Waals surface area contributed by atoms with E-state index in [1.165, 1.54) is 0 Å². The molecule has 1 saturated heterocycles. The highest BCUT2D eigenvalue weighted by Crippen LogP contribution is 2.16. The maximum absolute atomic E-state index is 11.7. The summed E-state index contributed by atoms with van der Waals surface area (Å²) in [7, 11) is 0. The molecule has 2 unspecified atom stereocenters. The molecule has 7 heteroatoms. The Bertz CT molecular complexity index is 314. The monoisotopic (exact) mass is 213 g/mol. The molecule has 2 rings (SSSR count). The summed E-state index contributed by atoms with van der Waals surface area (Å²) in [4.78, 5) is 11.7. The summed E-state index contributed by atoms with van der Waals surface area (Å²) in [6.45, 7) is 2.95. The van der Waals surface area contributed by atoms with Gasteiger partial charge in [0.1, 0.15) is 0 Å². The lowest BCUT2D eigenvalue weighted by molar-refractivity contribution is -0.118. The minimum Gasteiger partial charge on any atom is -0.306 e. The fraction of sp³-hybridized carbons (Fsp3) is 0.714. The average molecular weight is 213 g/mol. The quantitative estimate of drug-likeness (QED) is 0.715. The standard InChI is InChI=1S/C7H11N5OS/c1-4-2-3-8-5(4)6(13)9-7-10-11-12-14-7/h4-5,8H,2-3H2,1H3,(H,9,10,12,13). The van der Waals surface area contributed by atoms with Crippen molar-refractivity contribution in [2.24, 2.45) is 5.92 Å². The van der Waals surface area contributed by atoms with Crippen molar-refractivity contribution in [1.29, 1.82) is 0 Å². The molecule has 6 nitrogen and oxygen atoms in total. The molecule has 1 amide bonds. The Morgan fingerprint density at radius 2 is 2.57 bits per heavy atom. The molecule has 0 bridgehead atoms. The Labute approximate surface area is 85.3 Å². The maximum atomic E-state index is 11.7. The predicted molar refractivity (Wildman–Crippen MR) is 51.9 cm³/mol. The number of aromatic nitrogens is 3. The van der Waals surface area contributed by atoms with E-state index in [1.54, 1.807) is 0 Å². The molecular weight excluding hydrogens is 202 g/mol. The molecule has 0 saturated carbocycles. The normalized spacial score (nSPS) is 26.4. The Balaban J connectivity index is 1.95. The molecule has 0 aromatic carbocycles. The van der Waals surface area contributed by atoms with Gasteiger partial charge in [-0.05, 0) is 24.1 Å². The van der Waals surface area contributed by atoms with E-state index in [0.29, 0.717) is 11.0 Å². The summed E-state index contributed by atoms with van der Waals surface area (Å²) >= 11 is 1.08. The van der Waals surface area contributed by atoms with E-state index in [0.717, 1.165) is 24.5 Å². The lowest BCUT2D eigenvalue weighted by Crippen LogP contribution is -2.39. The van der Waals surface area contributed by atoms with Crippen molar-refractivity contribution in [3.63, 3.8) is 0 Å². The van der Waals surface area contributed by atoms with Gasteiger partial charge >= 0.3 is 0 Å². The van der Waals surface area contributed by atoms with E-state index in [1.807, 2.05) is 0 Å². The van der Waals surface area contributed by atoms with Crippen LogP contribution < -0.4 is 10.6 Å². The number of carbonyl (C=O) groups is 1. The fourth-order valence-electron chi connectivity index (χ4n) is 1.55. The van der Waals surface area contributed by atoms with Crippen molar-refractivity contribution in [3.8, 4) is 0 Å².